The van der Waals surface area contributed by atoms with Crippen molar-refractivity contribution in [2.24, 2.45) is 0 Å². The molecule has 0 N–H and O–H groups in total. The van der Waals surface area contributed by atoms with Gasteiger partial charge in [0.25, 0.3) is 0 Å². The summed E-state index contributed by atoms with van der Waals surface area (Å²) in [6.45, 7) is 3.73. The van der Waals surface area contributed by atoms with Crippen molar-refractivity contribution in [2.75, 3.05) is 0 Å². The molecule has 0 saturated heterocycles. The van der Waals surface area contributed by atoms with Crippen molar-refractivity contribution in [3.8, 4) is 0 Å². The molecule has 0 aromatic heterocycles. The molecule has 7 heteroatoms. The Kier molecular flexibility index (Phi) is 7.65. The van der Waals surface area contributed by atoms with Crippen molar-refractivity contribution in [3.63, 3.8) is 0 Å². The van der Waals surface area contributed by atoms with E-state index in [0.717, 1.165) is 0 Å². The van der Waals surface area contributed by atoms with Crippen molar-refractivity contribution >= 4 is 25.5 Å². The van der Waals surface area contributed by atoms with Crippen LogP contribution in [0, 0.1) is 34.9 Å². The Morgan fingerprint density at radius 1 is 0.593 bits per heavy atom. The third kappa shape index (κ3) is 4.63. The maximum atomic E-state index is 14.7. The molecule has 2 aromatic rings. The van der Waals surface area contributed by atoms with Crippen LogP contribution in [0.25, 0.3) is 0 Å². The van der Waals surface area contributed by atoms with Crippen LogP contribution in [0.5, 0.6) is 0 Å². The third-order valence-electron chi connectivity index (χ3n) is 4.89. The summed E-state index contributed by atoms with van der Waals surface area (Å²) in [7, 11) is 0. The Morgan fingerprint density at radius 3 is 1.15 bits per heavy atom. The molecule has 0 unspecified atom stereocenters. The predicted octanol–water partition coefficient (Wildman–Crippen LogP) is 5.68. The first kappa shape index (κ1) is 22.1. The number of hydrogen-bond donors (Lipinski definition) is 0. The fourth-order valence-electron chi connectivity index (χ4n) is 3.71. The summed E-state index contributed by atoms with van der Waals surface area (Å²) in [5.74, 6) is -6.62. The van der Waals surface area contributed by atoms with Gasteiger partial charge in [0.1, 0.15) is 0 Å². The van der Waals surface area contributed by atoms with E-state index in [1.54, 1.807) is 0 Å². The minimum atomic E-state index is -4.64. The van der Waals surface area contributed by atoms with E-state index >= 15 is 0 Å². The van der Waals surface area contributed by atoms with Gasteiger partial charge >= 0.3 is 159 Å². The Hall–Kier alpha value is -1.18. The van der Waals surface area contributed by atoms with Crippen LogP contribution >= 0.6 is 0 Å². The first-order valence-electron chi connectivity index (χ1n) is 9.06. The van der Waals surface area contributed by atoms with Gasteiger partial charge in [-0.2, -0.15) is 0 Å². The summed E-state index contributed by atoms with van der Waals surface area (Å²) in [4.78, 5) is 0. The zero-order valence-corrected chi connectivity index (χ0v) is 18.2. The van der Waals surface area contributed by atoms with E-state index in [1.165, 1.54) is 0 Å². The van der Waals surface area contributed by atoms with E-state index in [1.807, 2.05) is 13.8 Å². The molecule has 0 nitrogen and oxygen atoms in total. The topological polar surface area (TPSA) is 0 Å². The van der Waals surface area contributed by atoms with Gasteiger partial charge in [0.05, 0.1) is 0 Å². The SMILES string of the molecule is CCC[CH2][Sn]([CH2]CCC)([c]1c(F)cc(F)cc1F)[c]1c(F)cc(F)cc1F. The van der Waals surface area contributed by atoms with Gasteiger partial charge in [0.2, 0.25) is 0 Å². The van der Waals surface area contributed by atoms with Crippen molar-refractivity contribution in [2.45, 2.75) is 48.4 Å². The van der Waals surface area contributed by atoms with Gasteiger partial charge in [0.15, 0.2) is 0 Å². The normalized spacial score (nSPS) is 11.9. The first-order valence-corrected chi connectivity index (χ1v) is 16.0. The molecule has 0 fully saturated rings. The fraction of sp³-hybridized carbons (Fsp3) is 0.400. The Bertz CT molecular complexity index is 692. The van der Waals surface area contributed by atoms with Crippen LogP contribution in [0.2, 0.25) is 8.87 Å². The Labute approximate surface area is 159 Å². The quantitative estimate of drug-likeness (QED) is 0.327. The van der Waals surface area contributed by atoms with Gasteiger partial charge in [-0.1, -0.05) is 0 Å². The van der Waals surface area contributed by atoms with Crippen LogP contribution in [0.15, 0.2) is 24.3 Å². The van der Waals surface area contributed by atoms with Crippen molar-refractivity contribution < 1.29 is 26.3 Å². The van der Waals surface area contributed by atoms with Crippen LogP contribution in [0.4, 0.5) is 26.3 Å². The summed E-state index contributed by atoms with van der Waals surface area (Å²) in [5, 5.41) is 0. The van der Waals surface area contributed by atoms with Crippen LogP contribution < -0.4 is 7.16 Å². The minimum absolute atomic E-state index is 0.254. The average molecular weight is 495 g/mol. The molecule has 2 aromatic carbocycles. The molecule has 27 heavy (non-hydrogen) atoms. The van der Waals surface area contributed by atoms with E-state index in [2.05, 4.69) is 0 Å². The van der Waals surface area contributed by atoms with Gasteiger partial charge < -0.3 is 0 Å². The molecule has 2 rings (SSSR count). The first-order chi connectivity index (χ1) is 12.8. The van der Waals surface area contributed by atoms with Gasteiger partial charge in [-0.05, 0) is 0 Å². The molecule has 0 aliphatic rings. The molecule has 0 radical (unpaired) electrons. The van der Waals surface area contributed by atoms with Crippen molar-refractivity contribution in [1.82, 2.24) is 0 Å². The van der Waals surface area contributed by atoms with Crippen LogP contribution in [-0.2, 0) is 0 Å². The number of unbranched alkanes of at least 4 members (excludes halogenated alkanes) is 2. The molecule has 0 aliphatic carbocycles. The number of halogens is 6. The van der Waals surface area contributed by atoms with Gasteiger partial charge in [0, 0.05) is 0 Å². The molecular weight excluding hydrogens is 473 g/mol. The second-order valence-corrected chi connectivity index (χ2v) is 18.7. The molecular formula is C20H22F6Sn. The molecule has 0 saturated carbocycles. The molecule has 0 amide bonds. The Balaban J connectivity index is 2.87. The van der Waals surface area contributed by atoms with Crippen LogP contribution in [-0.4, -0.2) is 18.4 Å². The molecule has 0 bridgehead atoms. The monoisotopic (exact) mass is 496 g/mol. The predicted molar refractivity (Wildman–Crippen MR) is 97.1 cm³/mol. The standard InChI is InChI=1S/2C6H2F3.2C4H9.Sn/c2*7-4-1-5(8)3-6(9)2-4;2*1-3-4-2;/h2*1-2H;2*1,3-4H2,2H3;. The molecule has 148 valence electrons. The summed E-state index contributed by atoms with van der Waals surface area (Å²) in [6.07, 6.45) is 2.37. The summed E-state index contributed by atoms with van der Waals surface area (Å²) in [5.41, 5.74) is 0. The van der Waals surface area contributed by atoms with E-state index in [9.17, 15) is 26.3 Å². The number of benzene rings is 2. The number of hydrogen-bond acceptors (Lipinski definition) is 0. The van der Waals surface area contributed by atoms with Gasteiger partial charge in [-0.25, -0.2) is 0 Å². The fourth-order valence-corrected chi connectivity index (χ4v) is 19.5. The summed E-state index contributed by atoms with van der Waals surface area (Å²) in [6, 6.07) is 2.23. The van der Waals surface area contributed by atoms with Crippen molar-refractivity contribution in [3.05, 3.63) is 59.2 Å². The van der Waals surface area contributed by atoms with E-state index < -0.39 is 53.3 Å². The second-order valence-electron chi connectivity index (χ2n) is 6.78. The molecule has 0 aliphatic heterocycles. The van der Waals surface area contributed by atoms with E-state index in [0.29, 0.717) is 49.9 Å². The van der Waals surface area contributed by atoms with E-state index in [-0.39, 0.29) is 16.0 Å². The Morgan fingerprint density at radius 2 is 0.889 bits per heavy atom. The van der Waals surface area contributed by atoms with Crippen LogP contribution in [0.1, 0.15) is 39.5 Å². The molecule has 0 atom stereocenters. The maximum absolute atomic E-state index is 14.7. The van der Waals surface area contributed by atoms with E-state index in [4.69, 9.17) is 0 Å². The van der Waals surface area contributed by atoms with Gasteiger partial charge in [-0.15, -0.1) is 0 Å². The average Bonchev–Trinajstić information content (AvgIpc) is 2.55. The molecule has 0 spiro atoms. The van der Waals surface area contributed by atoms with Gasteiger partial charge in [-0.3, -0.25) is 0 Å². The van der Waals surface area contributed by atoms with Crippen molar-refractivity contribution in [1.29, 1.82) is 0 Å². The van der Waals surface area contributed by atoms with Crippen LogP contribution in [0.3, 0.4) is 0 Å². The third-order valence-corrected chi connectivity index (χ3v) is 20.0. The summed E-state index contributed by atoms with van der Waals surface area (Å²) < 4.78 is 85.7. The molecule has 0 heterocycles. The number of rotatable bonds is 8. The second kappa shape index (κ2) is 9.34. The summed E-state index contributed by atoms with van der Waals surface area (Å²) >= 11 is -4.64. The zero-order valence-electron chi connectivity index (χ0n) is 15.3. The zero-order chi connectivity index (χ0) is 20.2.